The SMILES string of the molecule is COC(=O)[C@H]1CN(CCCCl)CC[C@@H]1c1ccc(Cl)cc1. The molecule has 1 saturated heterocycles. The lowest BCUT2D eigenvalue weighted by molar-refractivity contribution is -0.148. The Morgan fingerprint density at radius 1 is 1.38 bits per heavy atom. The van der Waals surface area contributed by atoms with Crippen LogP contribution in [0.4, 0.5) is 0 Å². The van der Waals surface area contributed by atoms with E-state index < -0.39 is 0 Å². The van der Waals surface area contributed by atoms with E-state index in [0.717, 1.165) is 38.0 Å². The maximum atomic E-state index is 12.1. The summed E-state index contributed by atoms with van der Waals surface area (Å²) < 4.78 is 5.00. The summed E-state index contributed by atoms with van der Waals surface area (Å²) in [5.74, 6) is 0.591. The van der Waals surface area contributed by atoms with E-state index in [-0.39, 0.29) is 17.8 Å². The zero-order valence-electron chi connectivity index (χ0n) is 12.2. The lowest BCUT2D eigenvalue weighted by Crippen LogP contribution is -2.43. The molecule has 116 valence electrons. The van der Waals surface area contributed by atoms with Gasteiger partial charge in [-0.25, -0.2) is 0 Å². The molecule has 0 saturated carbocycles. The number of hydrogen-bond donors (Lipinski definition) is 0. The first kappa shape index (κ1) is 16.6. The van der Waals surface area contributed by atoms with Crippen molar-refractivity contribution in [3.63, 3.8) is 0 Å². The second-order valence-electron chi connectivity index (χ2n) is 5.42. The molecule has 1 aromatic rings. The molecule has 0 bridgehead atoms. The molecule has 0 amide bonds. The summed E-state index contributed by atoms with van der Waals surface area (Å²) in [6.07, 6.45) is 1.89. The van der Waals surface area contributed by atoms with Crippen molar-refractivity contribution in [1.82, 2.24) is 4.90 Å². The maximum absolute atomic E-state index is 12.1. The van der Waals surface area contributed by atoms with E-state index in [1.165, 1.54) is 7.11 Å². The molecule has 0 N–H and O–H groups in total. The molecule has 0 aromatic heterocycles. The zero-order chi connectivity index (χ0) is 15.2. The van der Waals surface area contributed by atoms with Crippen molar-refractivity contribution in [2.24, 2.45) is 5.92 Å². The molecule has 2 rings (SSSR count). The highest BCUT2D eigenvalue weighted by atomic mass is 35.5. The van der Waals surface area contributed by atoms with Crippen LogP contribution in [0.2, 0.25) is 5.02 Å². The smallest absolute Gasteiger partial charge is 0.310 e. The second kappa shape index (κ2) is 8.02. The number of nitrogens with zero attached hydrogens (tertiary/aromatic N) is 1. The Balaban J connectivity index is 2.12. The summed E-state index contributed by atoms with van der Waals surface area (Å²) >= 11 is 11.7. The number of methoxy groups -OCH3 is 1. The maximum Gasteiger partial charge on any atom is 0.310 e. The molecule has 0 aliphatic carbocycles. The predicted molar refractivity (Wildman–Crippen MR) is 86.1 cm³/mol. The molecule has 21 heavy (non-hydrogen) atoms. The molecule has 1 aromatic carbocycles. The van der Waals surface area contributed by atoms with Crippen LogP contribution in [0.5, 0.6) is 0 Å². The van der Waals surface area contributed by atoms with E-state index >= 15 is 0 Å². The van der Waals surface area contributed by atoms with Gasteiger partial charge in [0.1, 0.15) is 0 Å². The highest BCUT2D eigenvalue weighted by molar-refractivity contribution is 6.30. The fourth-order valence-corrected chi connectivity index (χ4v) is 3.25. The van der Waals surface area contributed by atoms with Crippen LogP contribution in [0.15, 0.2) is 24.3 Å². The molecule has 1 heterocycles. The van der Waals surface area contributed by atoms with Crippen LogP contribution in [-0.2, 0) is 9.53 Å². The first-order chi connectivity index (χ1) is 10.2. The van der Waals surface area contributed by atoms with Crippen molar-refractivity contribution in [3.8, 4) is 0 Å². The summed E-state index contributed by atoms with van der Waals surface area (Å²) in [7, 11) is 1.46. The Hall–Kier alpha value is -0.770. The Bertz CT molecular complexity index is 464. The first-order valence-electron chi connectivity index (χ1n) is 7.27. The third-order valence-electron chi connectivity index (χ3n) is 4.11. The van der Waals surface area contributed by atoms with Gasteiger partial charge in [-0.15, -0.1) is 11.6 Å². The second-order valence-corrected chi connectivity index (χ2v) is 6.23. The lowest BCUT2D eigenvalue weighted by Gasteiger charge is -2.37. The summed E-state index contributed by atoms with van der Waals surface area (Å²) in [6.45, 7) is 2.65. The van der Waals surface area contributed by atoms with Crippen molar-refractivity contribution >= 4 is 29.2 Å². The van der Waals surface area contributed by atoms with E-state index in [1.54, 1.807) is 0 Å². The molecule has 0 unspecified atom stereocenters. The number of hydrogen-bond acceptors (Lipinski definition) is 3. The monoisotopic (exact) mass is 329 g/mol. The average Bonchev–Trinajstić information content (AvgIpc) is 2.52. The van der Waals surface area contributed by atoms with Crippen LogP contribution in [0.3, 0.4) is 0 Å². The van der Waals surface area contributed by atoms with Gasteiger partial charge in [-0.3, -0.25) is 4.79 Å². The van der Waals surface area contributed by atoms with Crippen molar-refractivity contribution < 1.29 is 9.53 Å². The van der Waals surface area contributed by atoms with Gasteiger partial charge in [0.15, 0.2) is 0 Å². The van der Waals surface area contributed by atoms with E-state index in [1.807, 2.05) is 24.3 Å². The van der Waals surface area contributed by atoms with Gasteiger partial charge < -0.3 is 9.64 Å². The number of esters is 1. The van der Waals surface area contributed by atoms with Crippen LogP contribution in [-0.4, -0.2) is 43.5 Å². The molecule has 0 spiro atoms. The van der Waals surface area contributed by atoms with Gasteiger partial charge in [-0.05, 0) is 49.5 Å². The van der Waals surface area contributed by atoms with Gasteiger partial charge in [0.2, 0.25) is 0 Å². The number of halogens is 2. The van der Waals surface area contributed by atoms with Gasteiger partial charge in [-0.1, -0.05) is 23.7 Å². The zero-order valence-corrected chi connectivity index (χ0v) is 13.7. The number of carbonyl (C=O) groups is 1. The third kappa shape index (κ3) is 4.35. The third-order valence-corrected chi connectivity index (χ3v) is 4.63. The summed E-state index contributed by atoms with van der Waals surface area (Å²) in [6, 6.07) is 7.78. The number of piperidine rings is 1. The number of alkyl halides is 1. The molecule has 1 aliphatic heterocycles. The van der Waals surface area contributed by atoms with Gasteiger partial charge in [0.05, 0.1) is 13.0 Å². The van der Waals surface area contributed by atoms with Crippen molar-refractivity contribution in [2.75, 3.05) is 32.6 Å². The number of benzene rings is 1. The number of ether oxygens (including phenoxy) is 1. The van der Waals surface area contributed by atoms with Gasteiger partial charge in [0.25, 0.3) is 0 Å². The largest absolute Gasteiger partial charge is 0.469 e. The lowest BCUT2D eigenvalue weighted by atomic mass is 9.80. The van der Waals surface area contributed by atoms with E-state index in [0.29, 0.717) is 10.9 Å². The van der Waals surface area contributed by atoms with Gasteiger partial charge >= 0.3 is 5.97 Å². The Morgan fingerprint density at radius 2 is 2.10 bits per heavy atom. The molecular weight excluding hydrogens is 309 g/mol. The standard InChI is InChI=1S/C16H21Cl2NO2/c1-21-16(20)15-11-19(9-2-8-17)10-7-14(15)12-3-5-13(18)6-4-12/h3-6,14-15H,2,7-11H2,1H3/t14-,15+/m1/s1. The first-order valence-corrected chi connectivity index (χ1v) is 8.18. The minimum Gasteiger partial charge on any atom is -0.469 e. The summed E-state index contributed by atoms with van der Waals surface area (Å²) in [4.78, 5) is 14.4. The number of rotatable bonds is 5. The minimum absolute atomic E-state index is 0.125. The van der Waals surface area contributed by atoms with Crippen LogP contribution in [0, 0.1) is 5.92 Å². The van der Waals surface area contributed by atoms with Crippen LogP contribution < -0.4 is 0 Å². The summed E-state index contributed by atoms with van der Waals surface area (Å²) in [5, 5.41) is 0.716. The van der Waals surface area contributed by atoms with E-state index in [9.17, 15) is 4.79 Å². The Labute approximate surface area is 136 Å². The number of likely N-dealkylation sites (tertiary alicyclic amines) is 1. The molecule has 0 radical (unpaired) electrons. The Morgan fingerprint density at radius 3 is 2.71 bits per heavy atom. The van der Waals surface area contributed by atoms with Crippen molar-refractivity contribution in [3.05, 3.63) is 34.9 Å². The van der Waals surface area contributed by atoms with Crippen LogP contribution in [0.1, 0.15) is 24.3 Å². The predicted octanol–water partition coefficient (Wildman–Crippen LogP) is 3.55. The van der Waals surface area contributed by atoms with E-state index in [2.05, 4.69) is 4.90 Å². The quantitative estimate of drug-likeness (QED) is 0.611. The topological polar surface area (TPSA) is 29.5 Å². The fourth-order valence-electron chi connectivity index (χ4n) is 3.01. The van der Waals surface area contributed by atoms with Crippen molar-refractivity contribution in [2.45, 2.75) is 18.8 Å². The molecule has 3 nitrogen and oxygen atoms in total. The fraction of sp³-hybridized carbons (Fsp3) is 0.562. The minimum atomic E-state index is -0.134. The van der Waals surface area contributed by atoms with Gasteiger partial charge in [0, 0.05) is 17.4 Å². The number of carbonyl (C=O) groups excluding carboxylic acids is 1. The van der Waals surface area contributed by atoms with Crippen molar-refractivity contribution in [1.29, 1.82) is 0 Å². The molecular formula is C16H21Cl2NO2. The average molecular weight is 330 g/mol. The normalized spacial score (nSPS) is 23.0. The highest BCUT2D eigenvalue weighted by Crippen LogP contribution is 2.34. The highest BCUT2D eigenvalue weighted by Gasteiger charge is 2.35. The molecule has 2 atom stereocenters. The van der Waals surface area contributed by atoms with Crippen LogP contribution in [0.25, 0.3) is 0 Å². The molecule has 1 fully saturated rings. The summed E-state index contributed by atoms with van der Waals surface area (Å²) in [5.41, 5.74) is 1.16. The van der Waals surface area contributed by atoms with Crippen LogP contribution >= 0.6 is 23.2 Å². The Kier molecular flexibility index (Phi) is 6.34. The molecule has 5 heteroatoms. The van der Waals surface area contributed by atoms with E-state index in [4.69, 9.17) is 27.9 Å². The van der Waals surface area contributed by atoms with Gasteiger partial charge in [-0.2, -0.15) is 0 Å². The molecule has 1 aliphatic rings.